The van der Waals surface area contributed by atoms with Gasteiger partial charge in [-0.05, 0) is 37.8 Å². The minimum absolute atomic E-state index is 0.130. The van der Waals surface area contributed by atoms with Crippen molar-refractivity contribution < 1.29 is 9.59 Å². The van der Waals surface area contributed by atoms with Crippen molar-refractivity contribution in [1.82, 2.24) is 19.8 Å². The summed E-state index contributed by atoms with van der Waals surface area (Å²) < 4.78 is 2.01. The molecular weight excluding hydrogens is 340 g/mol. The number of aromatic nitrogens is 2. The van der Waals surface area contributed by atoms with Crippen LogP contribution in [0.3, 0.4) is 0 Å². The Hall–Kier alpha value is -2.37. The van der Waals surface area contributed by atoms with E-state index in [0.29, 0.717) is 19.5 Å². The van der Waals surface area contributed by atoms with Gasteiger partial charge in [0, 0.05) is 32.0 Å². The predicted molar refractivity (Wildman–Crippen MR) is 106 cm³/mol. The fraction of sp³-hybridized carbons (Fsp3) is 0.571. The highest BCUT2D eigenvalue weighted by Crippen LogP contribution is 2.28. The summed E-state index contributed by atoms with van der Waals surface area (Å²) in [6.45, 7) is 6.61. The zero-order chi connectivity index (χ0) is 19.2. The van der Waals surface area contributed by atoms with Crippen LogP contribution in [0.25, 0.3) is 11.0 Å². The molecule has 1 aromatic carbocycles. The van der Waals surface area contributed by atoms with Crippen molar-refractivity contribution in [3.05, 3.63) is 30.1 Å². The Morgan fingerprint density at radius 3 is 2.56 bits per heavy atom. The van der Waals surface area contributed by atoms with E-state index in [1.54, 1.807) is 0 Å². The van der Waals surface area contributed by atoms with Gasteiger partial charge in [0.15, 0.2) is 0 Å². The largest absolute Gasteiger partial charge is 0.355 e. The zero-order valence-corrected chi connectivity index (χ0v) is 16.4. The summed E-state index contributed by atoms with van der Waals surface area (Å²) in [7, 11) is 0. The van der Waals surface area contributed by atoms with E-state index in [0.717, 1.165) is 55.6 Å². The van der Waals surface area contributed by atoms with E-state index >= 15 is 0 Å². The normalized spacial score (nSPS) is 13.7. The maximum Gasteiger partial charge on any atom is 0.242 e. The number of carbonyl (C=O) groups is 2. The Morgan fingerprint density at radius 1 is 1.19 bits per heavy atom. The fourth-order valence-corrected chi connectivity index (χ4v) is 3.42. The van der Waals surface area contributed by atoms with Gasteiger partial charge in [-0.1, -0.05) is 26.0 Å². The summed E-state index contributed by atoms with van der Waals surface area (Å²) in [5, 5.41) is 2.99. The second-order valence-corrected chi connectivity index (χ2v) is 7.30. The second kappa shape index (κ2) is 9.02. The van der Waals surface area contributed by atoms with Crippen molar-refractivity contribution >= 4 is 22.8 Å². The lowest BCUT2D eigenvalue weighted by molar-refractivity contribution is -0.132. The van der Waals surface area contributed by atoms with Gasteiger partial charge in [-0.2, -0.15) is 0 Å². The smallest absolute Gasteiger partial charge is 0.242 e. The first-order valence-electron chi connectivity index (χ1n) is 10.1. The molecule has 1 aliphatic carbocycles. The Bertz CT molecular complexity index is 789. The van der Waals surface area contributed by atoms with Gasteiger partial charge >= 0.3 is 0 Å². The first-order valence-corrected chi connectivity index (χ1v) is 10.1. The van der Waals surface area contributed by atoms with E-state index in [4.69, 9.17) is 4.98 Å². The van der Waals surface area contributed by atoms with Crippen molar-refractivity contribution in [2.24, 2.45) is 5.92 Å². The number of rotatable bonds is 10. The molecule has 1 aliphatic rings. The highest BCUT2D eigenvalue weighted by molar-refractivity contribution is 5.82. The number of para-hydroxylation sites is 2. The molecule has 1 fully saturated rings. The van der Waals surface area contributed by atoms with Crippen LogP contribution in [-0.2, 0) is 22.6 Å². The van der Waals surface area contributed by atoms with Gasteiger partial charge < -0.3 is 14.8 Å². The lowest BCUT2D eigenvalue weighted by Crippen LogP contribution is -2.35. The maximum atomic E-state index is 12.9. The van der Waals surface area contributed by atoms with Crippen molar-refractivity contribution in [2.75, 3.05) is 19.6 Å². The van der Waals surface area contributed by atoms with E-state index < -0.39 is 0 Å². The third kappa shape index (κ3) is 4.87. The molecule has 0 unspecified atom stereocenters. The van der Waals surface area contributed by atoms with Crippen LogP contribution in [0.15, 0.2) is 24.3 Å². The van der Waals surface area contributed by atoms with E-state index in [9.17, 15) is 9.59 Å². The van der Waals surface area contributed by atoms with Crippen molar-refractivity contribution in [2.45, 2.75) is 52.5 Å². The van der Waals surface area contributed by atoms with Crippen LogP contribution in [0.5, 0.6) is 0 Å². The molecule has 3 rings (SSSR count). The zero-order valence-electron chi connectivity index (χ0n) is 16.4. The molecule has 27 heavy (non-hydrogen) atoms. The molecule has 1 heterocycles. The summed E-state index contributed by atoms with van der Waals surface area (Å²) in [5.41, 5.74) is 1.87. The molecule has 1 N–H and O–H groups in total. The Labute approximate surface area is 160 Å². The molecule has 0 spiro atoms. The molecule has 1 saturated carbocycles. The summed E-state index contributed by atoms with van der Waals surface area (Å²) in [5.74, 6) is 1.34. The number of imidazole rings is 1. The van der Waals surface area contributed by atoms with Gasteiger partial charge in [0.05, 0.1) is 11.0 Å². The molecule has 1 aromatic heterocycles. The predicted octanol–water partition coefficient (Wildman–Crippen LogP) is 2.75. The van der Waals surface area contributed by atoms with Crippen LogP contribution in [0.4, 0.5) is 0 Å². The van der Waals surface area contributed by atoms with Crippen molar-refractivity contribution in [3.63, 3.8) is 0 Å². The summed E-state index contributed by atoms with van der Waals surface area (Å²) in [6.07, 6.45) is 4.54. The third-order valence-electron chi connectivity index (χ3n) is 4.96. The van der Waals surface area contributed by atoms with Crippen LogP contribution in [0.2, 0.25) is 0 Å². The number of hydrogen-bond donors (Lipinski definition) is 1. The second-order valence-electron chi connectivity index (χ2n) is 7.30. The third-order valence-corrected chi connectivity index (χ3v) is 4.96. The van der Waals surface area contributed by atoms with Crippen molar-refractivity contribution in [1.29, 1.82) is 0 Å². The molecule has 0 atom stereocenters. The number of amides is 2. The average molecular weight is 370 g/mol. The van der Waals surface area contributed by atoms with E-state index in [-0.39, 0.29) is 17.7 Å². The topological polar surface area (TPSA) is 67.2 Å². The first-order chi connectivity index (χ1) is 13.1. The summed E-state index contributed by atoms with van der Waals surface area (Å²) in [4.78, 5) is 31.4. The number of nitrogens with zero attached hydrogens (tertiary/aromatic N) is 3. The van der Waals surface area contributed by atoms with Gasteiger partial charge in [0.1, 0.15) is 12.4 Å². The Kier molecular flexibility index (Phi) is 6.48. The minimum atomic E-state index is 0.130. The number of carbonyl (C=O) groups excluding carboxylic acids is 2. The van der Waals surface area contributed by atoms with Crippen LogP contribution in [0.1, 0.15) is 45.4 Å². The van der Waals surface area contributed by atoms with Gasteiger partial charge in [0.25, 0.3) is 0 Å². The van der Waals surface area contributed by atoms with E-state index in [1.165, 1.54) is 0 Å². The number of benzene rings is 1. The number of fused-ring (bicyclic) bond motifs is 1. The van der Waals surface area contributed by atoms with Gasteiger partial charge in [0.2, 0.25) is 11.8 Å². The SMILES string of the molecule is CCCN(CCC)C(=O)Cn1c(CCNC(=O)C2CC2)nc2ccccc21. The van der Waals surface area contributed by atoms with Crippen LogP contribution < -0.4 is 5.32 Å². The molecule has 6 nitrogen and oxygen atoms in total. The maximum absolute atomic E-state index is 12.9. The molecule has 146 valence electrons. The number of hydrogen-bond acceptors (Lipinski definition) is 3. The Morgan fingerprint density at radius 2 is 1.89 bits per heavy atom. The highest BCUT2D eigenvalue weighted by atomic mass is 16.2. The Balaban J connectivity index is 1.74. The summed E-state index contributed by atoms with van der Waals surface area (Å²) >= 11 is 0. The monoisotopic (exact) mass is 370 g/mol. The quantitative estimate of drug-likeness (QED) is 0.699. The van der Waals surface area contributed by atoms with Gasteiger partial charge in [-0.25, -0.2) is 4.98 Å². The van der Waals surface area contributed by atoms with E-state index in [1.807, 2.05) is 33.7 Å². The minimum Gasteiger partial charge on any atom is -0.355 e. The van der Waals surface area contributed by atoms with Crippen molar-refractivity contribution in [3.8, 4) is 0 Å². The van der Waals surface area contributed by atoms with Gasteiger partial charge in [-0.3, -0.25) is 9.59 Å². The van der Waals surface area contributed by atoms with Crippen LogP contribution >= 0.6 is 0 Å². The first kappa shape index (κ1) is 19.4. The molecular formula is C21H30N4O2. The highest BCUT2D eigenvalue weighted by Gasteiger charge is 2.29. The molecule has 6 heteroatoms. The number of nitrogens with one attached hydrogen (secondary N) is 1. The van der Waals surface area contributed by atoms with Crippen LogP contribution in [-0.4, -0.2) is 45.9 Å². The lowest BCUT2D eigenvalue weighted by Gasteiger charge is -2.22. The fourth-order valence-electron chi connectivity index (χ4n) is 3.42. The summed E-state index contributed by atoms with van der Waals surface area (Å²) in [6, 6.07) is 7.91. The van der Waals surface area contributed by atoms with Crippen LogP contribution in [0, 0.1) is 5.92 Å². The average Bonchev–Trinajstić information content (AvgIpc) is 3.46. The molecule has 0 radical (unpaired) electrons. The molecule has 0 saturated heterocycles. The lowest BCUT2D eigenvalue weighted by atomic mass is 10.3. The molecule has 2 amide bonds. The standard InChI is InChI=1S/C21H30N4O2/c1-3-13-24(14-4-2)20(26)15-25-18-8-6-5-7-17(18)23-19(25)11-12-22-21(27)16-9-10-16/h5-8,16H,3-4,9-15H2,1-2H3,(H,22,27). The van der Waals surface area contributed by atoms with Gasteiger partial charge in [-0.15, -0.1) is 0 Å². The molecule has 0 aliphatic heterocycles. The molecule has 0 bridgehead atoms. The molecule has 2 aromatic rings. The van der Waals surface area contributed by atoms with E-state index in [2.05, 4.69) is 19.2 Å².